The average molecular weight is 231 g/mol. The zero-order valence-electron chi connectivity index (χ0n) is 8.93. The number of halogens is 1. The summed E-state index contributed by atoms with van der Waals surface area (Å²) in [7, 11) is 0. The maximum Gasteiger partial charge on any atom is 0.328 e. The summed E-state index contributed by atoms with van der Waals surface area (Å²) in [4.78, 5) is 10.3. The maximum atomic E-state index is 13.3. The van der Waals surface area contributed by atoms with Gasteiger partial charge in [0.1, 0.15) is 5.82 Å². The molecule has 0 bridgehead atoms. The fraction of sp³-hybridized carbons (Fsp3) is 0.0769. The number of allylic oxidation sites excluding steroid dienone is 1. The van der Waals surface area contributed by atoms with Crippen molar-refractivity contribution in [2.24, 2.45) is 0 Å². The number of nitrogens with zero attached hydrogens (tertiary/aromatic N) is 1. The van der Waals surface area contributed by atoms with Crippen molar-refractivity contribution in [3.05, 3.63) is 47.3 Å². The lowest BCUT2D eigenvalue weighted by Gasteiger charge is -1.98. The third kappa shape index (κ3) is 4.31. The smallest absolute Gasteiger partial charge is 0.328 e. The monoisotopic (exact) mass is 231 g/mol. The molecule has 1 aromatic carbocycles. The Morgan fingerprint density at radius 3 is 2.88 bits per heavy atom. The summed E-state index contributed by atoms with van der Waals surface area (Å²) in [5.74, 6) is -1.62. The van der Waals surface area contributed by atoms with E-state index < -0.39 is 11.8 Å². The molecule has 1 aromatic rings. The van der Waals surface area contributed by atoms with Gasteiger partial charge in [-0.15, -0.1) is 0 Å². The topological polar surface area (TPSA) is 61.1 Å². The number of aliphatic carboxylic acids is 1. The molecule has 0 heterocycles. The predicted molar refractivity (Wildman–Crippen MR) is 62.3 cm³/mol. The van der Waals surface area contributed by atoms with Crippen LogP contribution in [0.4, 0.5) is 4.39 Å². The quantitative estimate of drug-likeness (QED) is 0.810. The molecule has 4 heteroatoms. The number of carboxylic acid groups (broad SMARTS) is 1. The molecule has 0 aliphatic carbocycles. The first-order chi connectivity index (χ1) is 8.13. The Morgan fingerprint density at radius 2 is 2.24 bits per heavy atom. The summed E-state index contributed by atoms with van der Waals surface area (Å²) in [6.45, 7) is 0. The van der Waals surface area contributed by atoms with Crippen LogP contribution in [0.25, 0.3) is 12.2 Å². The molecule has 0 atom stereocenters. The highest BCUT2D eigenvalue weighted by atomic mass is 19.1. The minimum absolute atomic E-state index is 0.200. The lowest BCUT2D eigenvalue weighted by molar-refractivity contribution is -0.131. The molecule has 0 fully saturated rings. The van der Waals surface area contributed by atoms with Gasteiger partial charge in [0.25, 0.3) is 0 Å². The number of benzene rings is 1. The number of nitriles is 1. The van der Waals surface area contributed by atoms with E-state index in [9.17, 15) is 9.18 Å². The lowest BCUT2D eigenvalue weighted by atomic mass is 10.1. The van der Waals surface area contributed by atoms with Crippen LogP contribution in [0, 0.1) is 17.1 Å². The summed E-state index contributed by atoms with van der Waals surface area (Å²) >= 11 is 0. The maximum absolute atomic E-state index is 13.3. The van der Waals surface area contributed by atoms with Gasteiger partial charge in [0.2, 0.25) is 0 Å². The first-order valence-corrected chi connectivity index (χ1v) is 4.87. The highest BCUT2D eigenvalue weighted by molar-refractivity contribution is 5.85. The normalized spacial score (nSPS) is 10.8. The SMILES string of the molecule is N#CCC=Cc1ccc(F)c(/C=C/C(=O)O)c1. The molecular weight excluding hydrogens is 221 g/mol. The van der Waals surface area contributed by atoms with Crippen molar-refractivity contribution in [2.75, 3.05) is 0 Å². The molecule has 1 N–H and O–H groups in total. The zero-order chi connectivity index (χ0) is 12.7. The van der Waals surface area contributed by atoms with Crippen molar-refractivity contribution in [2.45, 2.75) is 6.42 Å². The molecule has 0 aliphatic rings. The van der Waals surface area contributed by atoms with Gasteiger partial charge in [-0.25, -0.2) is 9.18 Å². The number of carbonyl (C=O) groups is 1. The minimum Gasteiger partial charge on any atom is -0.478 e. The fourth-order valence-corrected chi connectivity index (χ4v) is 1.20. The molecule has 0 unspecified atom stereocenters. The van der Waals surface area contributed by atoms with Crippen LogP contribution in [0.2, 0.25) is 0 Å². The zero-order valence-corrected chi connectivity index (χ0v) is 8.93. The van der Waals surface area contributed by atoms with Crippen molar-refractivity contribution in [3.8, 4) is 6.07 Å². The summed E-state index contributed by atoms with van der Waals surface area (Å²) in [6.07, 6.45) is 5.68. The second-order valence-corrected chi connectivity index (χ2v) is 3.22. The molecule has 1 rings (SSSR count). The van der Waals surface area contributed by atoms with Crippen LogP contribution in [0.15, 0.2) is 30.4 Å². The molecule has 0 spiro atoms. The van der Waals surface area contributed by atoms with Crippen LogP contribution in [0.5, 0.6) is 0 Å². The van der Waals surface area contributed by atoms with Crippen molar-refractivity contribution in [1.82, 2.24) is 0 Å². The summed E-state index contributed by atoms with van der Waals surface area (Å²) in [5.41, 5.74) is 0.915. The Labute approximate surface area is 98.1 Å². The van der Waals surface area contributed by atoms with Crippen LogP contribution < -0.4 is 0 Å². The molecule has 0 aliphatic heterocycles. The van der Waals surface area contributed by atoms with E-state index in [2.05, 4.69) is 0 Å². The van der Waals surface area contributed by atoms with E-state index in [-0.39, 0.29) is 12.0 Å². The molecular formula is C13H10FNO2. The van der Waals surface area contributed by atoms with Crippen LogP contribution in [-0.4, -0.2) is 11.1 Å². The standard InChI is InChI=1S/C13H10FNO2/c14-12-6-4-10(3-1-2-8-15)9-11(12)5-7-13(16)17/h1,3-7,9H,2H2,(H,16,17)/b3-1?,7-5+. The van der Waals surface area contributed by atoms with Gasteiger partial charge < -0.3 is 5.11 Å². The summed E-state index contributed by atoms with van der Waals surface area (Å²) in [5, 5.41) is 16.8. The lowest BCUT2D eigenvalue weighted by Crippen LogP contribution is -1.88. The van der Waals surface area contributed by atoms with Crippen molar-refractivity contribution in [1.29, 1.82) is 5.26 Å². The van der Waals surface area contributed by atoms with E-state index in [1.807, 2.05) is 6.07 Å². The Hall–Kier alpha value is -2.41. The van der Waals surface area contributed by atoms with Crippen LogP contribution in [0.3, 0.4) is 0 Å². The highest BCUT2D eigenvalue weighted by Crippen LogP contribution is 2.13. The van der Waals surface area contributed by atoms with Crippen LogP contribution >= 0.6 is 0 Å². The fourth-order valence-electron chi connectivity index (χ4n) is 1.20. The molecule has 0 aromatic heterocycles. The number of rotatable bonds is 4. The van der Waals surface area contributed by atoms with E-state index >= 15 is 0 Å². The van der Waals surface area contributed by atoms with Crippen molar-refractivity contribution < 1.29 is 14.3 Å². The molecule has 17 heavy (non-hydrogen) atoms. The van der Waals surface area contributed by atoms with Crippen molar-refractivity contribution >= 4 is 18.1 Å². The predicted octanol–water partition coefficient (Wildman–Crippen LogP) is 2.85. The Morgan fingerprint density at radius 1 is 1.47 bits per heavy atom. The second kappa shape index (κ2) is 6.23. The Kier molecular flexibility index (Phi) is 4.64. The van der Waals surface area contributed by atoms with Gasteiger partial charge >= 0.3 is 5.97 Å². The second-order valence-electron chi connectivity index (χ2n) is 3.22. The van der Waals surface area contributed by atoms with Gasteiger partial charge in [0.15, 0.2) is 0 Å². The van der Waals surface area contributed by atoms with Gasteiger partial charge in [-0.1, -0.05) is 18.2 Å². The van der Waals surface area contributed by atoms with Gasteiger partial charge in [0, 0.05) is 11.6 Å². The van der Waals surface area contributed by atoms with E-state index in [0.717, 1.165) is 6.08 Å². The summed E-state index contributed by atoms with van der Waals surface area (Å²) in [6, 6.07) is 6.28. The van der Waals surface area contributed by atoms with E-state index in [4.69, 9.17) is 10.4 Å². The Balaban J connectivity index is 2.95. The third-order valence-electron chi connectivity index (χ3n) is 1.94. The van der Waals surface area contributed by atoms with Gasteiger partial charge in [-0.05, 0) is 23.8 Å². The van der Waals surface area contributed by atoms with Gasteiger partial charge in [-0.3, -0.25) is 0 Å². The number of hydrogen-bond acceptors (Lipinski definition) is 2. The average Bonchev–Trinajstić information content (AvgIpc) is 2.29. The Bertz CT molecular complexity index is 513. The largest absolute Gasteiger partial charge is 0.478 e. The minimum atomic E-state index is -1.13. The third-order valence-corrected chi connectivity index (χ3v) is 1.94. The van der Waals surface area contributed by atoms with Crippen LogP contribution in [-0.2, 0) is 4.79 Å². The molecule has 3 nitrogen and oxygen atoms in total. The molecule has 0 amide bonds. The van der Waals surface area contributed by atoms with E-state index in [1.54, 1.807) is 18.2 Å². The van der Waals surface area contributed by atoms with Gasteiger partial charge in [-0.2, -0.15) is 5.26 Å². The first-order valence-electron chi connectivity index (χ1n) is 4.87. The van der Waals surface area contributed by atoms with E-state index in [1.165, 1.54) is 18.2 Å². The molecule has 86 valence electrons. The molecule has 0 saturated carbocycles. The van der Waals surface area contributed by atoms with E-state index in [0.29, 0.717) is 5.56 Å². The summed E-state index contributed by atoms with van der Waals surface area (Å²) < 4.78 is 13.3. The first kappa shape index (κ1) is 12.7. The number of carboxylic acids is 1. The molecule has 0 radical (unpaired) electrons. The highest BCUT2D eigenvalue weighted by Gasteiger charge is 1.99. The molecule has 0 saturated heterocycles. The van der Waals surface area contributed by atoms with Crippen LogP contribution in [0.1, 0.15) is 17.5 Å². The number of hydrogen-bond donors (Lipinski definition) is 1. The van der Waals surface area contributed by atoms with Crippen molar-refractivity contribution in [3.63, 3.8) is 0 Å². The van der Waals surface area contributed by atoms with Gasteiger partial charge in [0.05, 0.1) is 12.5 Å².